The Hall–Kier alpha value is -1.92. The third-order valence-corrected chi connectivity index (χ3v) is 2.70. The van der Waals surface area contributed by atoms with Gasteiger partial charge in [-0.2, -0.15) is 0 Å². The summed E-state index contributed by atoms with van der Waals surface area (Å²) < 4.78 is 0. The van der Waals surface area contributed by atoms with Crippen molar-refractivity contribution in [1.29, 1.82) is 0 Å². The highest BCUT2D eigenvalue weighted by Crippen LogP contribution is 2.03. The van der Waals surface area contributed by atoms with Gasteiger partial charge in [0.25, 0.3) is 0 Å². The highest BCUT2D eigenvalue weighted by Gasteiger charge is 2.30. The lowest BCUT2D eigenvalue weighted by molar-refractivity contribution is -0.156. The third kappa shape index (κ3) is 4.69. The van der Waals surface area contributed by atoms with Crippen LogP contribution in [0.2, 0.25) is 0 Å². The Labute approximate surface area is 111 Å². The molecule has 104 valence electrons. The van der Waals surface area contributed by atoms with Crippen LogP contribution in [-0.2, 0) is 16.0 Å². The number of hydrogen-bond donors (Lipinski definition) is 4. The Morgan fingerprint density at radius 3 is 2.47 bits per heavy atom. The van der Waals surface area contributed by atoms with Gasteiger partial charge in [-0.3, -0.25) is 4.79 Å². The van der Waals surface area contributed by atoms with Crippen molar-refractivity contribution in [3.63, 3.8) is 0 Å². The first-order chi connectivity index (χ1) is 8.83. The fourth-order valence-corrected chi connectivity index (χ4v) is 1.43. The fourth-order valence-electron chi connectivity index (χ4n) is 1.43. The summed E-state index contributed by atoms with van der Waals surface area (Å²) in [7, 11) is 0. The molecule has 19 heavy (non-hydrogen) atoms. The molecule has 0 saturated heterocycles. The zero-order valence-corrected chi connectivity index (χ0v) is 10.7. The molecule has 1 rings (SSSR count). The maximum Gasteiger partial charge on any atom is 0.337 e. The van der Waals surface area contributed by atoms with Gasteiger partial charge in [-0.05, 0) is 18.9 Å². The van der Waals surface area contributed by atoms with Crippen LogP contribution >= 0.6 is 0 Å². The van der Waals surface area contributed by atoms with Crippen molar-refractivity contribution in [1.82, 2.24) is 5.32 Å². The van der Waals surface area contributed by atoms with Crippen LogP contribution in [0.4, 0.5) is 0 Å². The SMILES string of the molecule is CC(O)(CNC(=O)[C@@H](N)Cc1ccccc1)C(=O)O. The van der Waals surface area contributed by atoms with Gasteiger partial charge in [-0.25, -0.2) is 4.79 Å². The monoisotopic (exact) mass is 266 g/mol. The molecule has 0 aliphatic heterocycles. The van der Waals surface area contributed by atoms with Gasteiger partial charge in [0.1, 0.15) is 0 Å². The molecule has 6 heteroatoms. The van der Waals surface area contributed by atoms with Gasteiger partial charge in [0.05, 0.1) is 12.6 Å². The molecule has 0 aliphatic carbocycles. The van der Waals surface area contributed by atoms with Gasteiger partial charge < -0.3 is 21.3 Å². The summed E-state index contributed by atoms with van der Waals surface area (Å²) in [6.07, 6.45) is 0.349. The average molecular weight is 266 g/mol. The molecule has 5 N–H and O–H groups in total. The van der Waals surface area contributed by atoms with Gasteiger partial charge in [0.15, 0.2) is 5.60 Å². The Balaban J connectivity index is 2.48. The van der Waals surface area contributed by atoms with Crippen LogP contribution in [-0.4, -0.2) is 40.3 Å². The molecule has 1 amide bonds. The van der Waals surface area contributed by atoms with Crippen LogP contribution in [0.15, 0.2) is 30.3 Å². The molecule has 0 aromatic heterocycles. The number of aliphatic hydroxyl groups is 1. The minimum Gasteiger partial charge on any atom is -0.479 e. The topological polar surface area (TPSA) is 113 Å². The molecule has 0 fully saturated rings. The van der Waals surface area contributed by atoms with E-state index < -0.39 is 23.5 Å². The molecule has 1 unspecified atom stereocenters. The van der Waals surface area contributed by atoms with E-state index in [4.69, 9.17) is 10.8 Å². The molecule has 0 radical (unpaired) electrons. The Morgan fingerprint density at radius 1 is 1.37 bits per heavy atom. The van der Waals surface area contributed by atoms with Gasteiger partial charge in [-0.15, -0.1) is 0 Å². The van der Waals surface area contributed by atoms with E-state index in [1.807, 2.05) is 30.3 Å². The Kier molecular flexibility index (Phi) is 5.02. The van der Waals surface area contributed by atoms with Crippen molar-refractivity contribution in [3.05, 3.63) is 35.9 Å². The van der Waals surface area contributed by atoms with Crippen molar-refractivity contribution in [2.24, 2.45) is 5.73 Å². The molecule has 0 aliphatic rings. The number of nitrogens with two attached hydrogens (primary N) is 1. The maximum atomic E-state index is 11.7. The molecule has 0 saturated carbocycles. The number of benzene rings is 1. The van der Waals surface area contributed by atoms with Gasteiger partial charge in [-0.1, -0.05) is 30.3 Å². The predicted molar refractivity (Wildman–Crippen MR) is 69.4 cm³/mol. The second-order valence-electron chi connectivity index (χ2n) is 4.59. The van der Waals surface area contributed by atoms with Crippen molar-refractivity contribution in [3.8, 4) is 0 Å². The highest BCUT2D eigenvalue weighted by atomic mass is 16.4. The largest absolute Gasteiger partial charge is 0.479 e. The van der Waals surface area contributed by atoms with Crippen molar-refractivity contribution >= 4 is 11.9 Å². The van der Waals surface area contributed by atoms with Gasteiger partial charge in [0.2, 0.25) is 5.91 Å². The van der Waals surface area contributed by atoms with Crippen LogP contribution in [0, 0.1) is 0 Å². The van der Waals surface area contributed by atoms with Crippen LogP contribution < -0.4 is 11.1 Å². The number of rotatable bonds is 6. The summed E-state index contributed by atoms with van der Waals surface area (Å²) >= 11 is 0. The summed E-state index contributed by atoms with van der Waals surface area (Å²) in [6, 6.07) is 8.46. The van der Waals surface area contributed by atoms with E-state index >= 15 is 0 Å². The first kappa shape index (κ1) is 15.1. The van der Waals surface area contributed by atoms with Crippen LogP contribution in [0.3, 0.4) is 0 Å². The van der Waals surface area contributed by atoms with E-state index in [1.165, 1.54) is 0 Å². The summed E-state index contributed by atoms with van der Waals surface area (Å²) in [5.41, 5.74) is 4.63. The van der Waals surface area contributed by atoms with Crippen molar-refractivity contribution in [2.75, 3.05) is 6.54 Å². The summed E-state index contributed by atoms with van der Waals surface area (Å²) in [5, 5.41) is 20.5. The molecule has 0 bridgehead atoms. The molecule has 1 aromatic carbocycles. The lowest BCUT2D eigenvalue weighted by atomic mass is 10.0. The van der Waals surface area contributed by atoms with E-state index in [0.29, 0.717) is 6.42 Å². The third-order valence-electron chi connectivity index (χ3n) is 2.70. The molecule has 1 aromatic rings. The number of carbonyl (C=O) groups excluding carboxylic acids is 1. The zero-order chi connectivity index (χ0) is 14.5. The normalized spacial score (nSPS) is 15.3. The lowest BCUT2D eigenvalue weighted by Gasteiger charge is -2.20. The predicted octanol–water partition coefficient (Wildman–Crippen LogP) is -0.492. The fraction of sp³-hybridized carbons (Fsp3) is 0.385. The maximum absolute atomic E-state index is 11.7. The summed E-state index contributed by atoms with van der Waals surface area (Å²) in [5.74, 6) is -1.89. The van der Waals surface area contributed by atoms with Crippen molar-refractivity contribution < 1.29 is 19.8 Å². The number of aliphatic carboxylic acids is 1. The summed E-state index contributed by atoms with van der Waals surface area (Å²) in [6.45, 7) is 0.724. The van der Waals surface area contributed by atoms with E-state index in [-0.39, 0.29) is 6.54 Å². The molecule has 0 heterocycles. The van der Waals surface area contributed by atoms with Crippen molar-refractivity contribution in [2.45, 2.75) is 25.0 Å². The Morgan fingerprint density at radius 2 is 1.95 bits per heavy atom. The van der Waals surface area contributed by atoms with Crippen LogP contribution in [0.5, 0.6) is 0 Å². The van der Waals surface area contributed by atoms with Crippen LogP contribution in [0.25, 0.3) is 0 Å². The number of carbonyl (C=O) groups is 2. The molecular weight excluding hydrogens is 248 g/mol. The standard InChI is InChI=1S/C13H18N2O4/c1-13(19,12(17)18)8-15-11(16)10(14)7-9-5-3-2-4-6-9/h2-6,10,19H,7-8,14H2,1H3,(H,15,16)(H,17,18)/t10-,13?/m0/s1. The smallest absolute Gasteiger partial charge is 0.337 e. The molecule has 0 spiro atoms. The van der Waals surface area contributed by atoms with Gasteiger partial charge >= 0.3 is 5.97 Å². The molecule has 6 nitrogen and oxygen atoms in total. The van der Waals surface area contributed by atoms with Crippen LogP contribution in [0.1, 0.15) is 12.5 Å². The number of amides is 1. The number of nitrogens with one attached hydrogen (secondary N) is 1. The zero-order valence-electron chi connectivity index (χ0n) is 10.7. The number of hydrogen-bond acceptors (Lipinski definition) is 4. The minimum absolute atomic E-state index is 0.349. The van der Waals surface area contributed by atoms with Gasteiger partial charge in [0, 0.05) is 0 Å². The van der Waals surface area contributed by atoms with E-state index in [0.717, 1.165) is 12.5 Å². The molecule has 2 atom stereocenters. The molecular formula is C13H18N2O4. The second kappa shape index (κ2) is 6.31. The minimum atomic E-state index is -2.00. The second-order valence-corrected chi connectivity index (χ2v) is 4.59. The lowest BCUT2D eigenvalue weighted by Crippen LogP contribution is -2.50. The summed E-state index contributed by atoms with van der Waals surface area (Å²) in [4.78, 5) is 22.3. The first-order valence-corrected chi connectivity index (χ1v) is 5.86. The highest BCUT2D eigenvalue weighted by molar-refractivity contribution is 5.83. The van der Waals surface area contributed by atoms with E-state index in [2.05, 4.69) is 5.32 Å². The van der Waals surface area contributed by atoms with E-state index in [1.54, 1.807) is 0 Å². The average Bonchev–Trinajstić information content (AvgIpc) is 2.37. The Bertz CT molecular complexity index is 445. The number of carboxylic acids is 1. The number of carboxylic acid groups (broad SMARTS) is 1. The first-order valence-electron chi connectivity index (χ1n) is 5.86. The quantitative estimate of drug-likeness (QED) is 0.555. The van der Waals surface area contributed by atoms with E-state index in [9.17, 15) is 14.7 Å².